The number of hydrogen-bond donors (Lipinski definition) is 1. The Kier molecular flexibility index (Phi) is 3.14. The fourth-order valence-corrected chi connectivity index (χ4v) is 2.26. The molecule has 1 heterocycles. The van der Waals surface area contributed by atoms with Gasteiger partial charge in [0.1, 0.15) is 11.3 Å². The lowest BCUT2D eigenvalue weighted by atomic mass is 10.1. The number of halogens is 2. The van der Waals surface area contributed by atoms with Crippen molar-refractivity contribution in [3.05, 3.63) is 65.4 Å². The predicted octanol–water partition coefficient (Wildman–Crippen LogP) is 4.63. The summed E-state index contributed by atoms with van der Waals surface area (Å²) in [6.07, 6.45) is 0. The van der Waals surface area contributed by atoms with Crippen LogP contribution in [0, 0.1) is 18.6 Å². The summed E-state index contributed by atoms with van der Waals surface area (Å²) < 4.78 is 32.4. The fourth-order valence-electron chi connectivity index (χ4n) is 2.26. The number of benzene rings is 2. The molecule has 0 unspecified atom stereocenters. The van der Waals surface area contributed by atoms with Gasteiger partial charge in [-0.05, 0) is 25.1 Å². The fraction of sp³-hybridized carbons (Fsp3) is 0.125. The molecule has 0 aliphatic carbocycles. The molecule has 1 N–H and O–H groups in total. The zero-order valence-electron chi connectivity index (χ0n) is 10.9. The van der Waals surface area contributed by atoms with E-state index in [0.717, 1.165) is 28.4 Å². The second-order valence-electron chi connectivity index (χ2n) is 4.59. The smallest absolute Gasteiger partial charge is 0.181 e. The highest BCUT2D eigenvalue weighted by atomic mass is 19.2. The third-order valence-electron chi connectivity index (χ3n) is 3.31. The zero-order chi connectivity index (χ0) is 14.1. The van der Waals surface area contributed by atoms with Crippen LogP contribution in [0.5, 0.6) is 0 Å². The van der Waals surface area contributed by atoms with E-state index in [4.69, 9.17) is 4.42 Å². The highest BCUT2D eigenvalue weighted by Crippen LogP contribution is 2.26. The second kappa shape index (κ2) is 4.96. The number of para-hydroxylation sites is 1. The van der Waals surface area contributed by atoms with Crippen LogP contribution in [0.15, 0.2) is 46.9 Å². The Hall–Kier alpha value is -2.36. The van der Waals surface area contributed by atoms with Crippen LogP contribution >= 0.6 is 0 Å². The van der Waals surface area contributed by atoms with Crippen LogP contribution < -0.4 is 5.32 Å². The molecule has 3 aromatic rings. The van der Waals surface area contributed by atoms with E-state index < -0.39 is 11.6 Å². The van der Waals surface area contributed by atoms with E-state index in [-0.39, 0.29) is 5.69 Å². The minimum absolute atomic E-state index is 0.148. The SMILES string of the molecule is Cc1oc2ccccc2c1CNc1cccc(F)c1F. The molecule has 0 saturated heterocycles. The van der Waals surface area contributed by atoms with Gasteiger partial charge in [0.25, 0.3) is 0 Å². The number of furan rings is 1. The molecule has 1 aromatic heterocycles. The molecule has 2 aromatic carbocycles. The van der Waals surface area contributed by atoms with Crippen molar-refractivity contribution in [2.75, 3.05) is 5.32 Å². The Balaban J connectivity index is 1.90. The molecule has 0 aliphatic heterocycles. The maximum Gasteiger partial charge on any atom is 0.181 e. The maximum atomic E-state index is 13.6. The predicted molar refractivity (Wildman–Crippen MR) is 74.6 cm³/mol. The number of aryl methyl sites for hydroxylation is 1. The Labute approximate surface area is 115 Å². The quantitative estimate of drug-likeness (QED) is 0.752. The standard InChI is InChI=1S/C16H13F2NO/c1-10-12(11-5-2-3-8-15(11)20-10)9-19-14-7-4-6-13(17)16(14)18/h2-8,19H,9H2,1H3. The number of fused-ring (bicyclic) bond motifs is 1. The normalized spacial score (nSPS) is 10.9. The average Bonchev–Trinajstić information content (AvgIpc) is 2.76. The van der Waals surface area contributed by atoms with Gasteiger partial charge < -0.3 is 9.73 Å². The molecule has 0 bridgehead atoms. The molecule has 102 valence electrons. The number of rotatable bonds is 3. The van der Waals surface area contributed by atoms with Gasteiger partial charge in [0.2, 0.25) is 0 Å². The van der Waals surface area contributed by atoms with Gasteiger partial charge in [-0.25, -0.2) is 8.78 Å². The van der Waals surface area contributed by atoms with Crippen molar-refractivity contribution in [2.24, 2.45) is 0 Å². The van der Waals surface area contributed by atoms with Gasteiger partial charge in [0.05, 0.1) is 5.69 Å². The van der Waals surface area contributed by atoms with Crippen molar-refractivity contribution < 1.29 is 13.2 Å². The van der Waals surface area contributed by atoms with Crippen LogP contribution in [0.3, 0.4) is 0 Å². The van der Waals surface area contributed by atoms with Crippen LogP contribution in [-0.4, -0.2) is 0 Å². The number of nitrogens with one attached hydrogen (secondary N) is 1. The van der Waals surface area contributed by atoms with E-state index in [9.17, 15) is 8.78 Å². The summed E-state index contributed by atoms with van der Waals surface area (Å²) in [5, 5.41) is 3.89. The van der Waals surface area contributed by atoms with Gasteiger partial charge >= 0.3 is 0 Å². The van der Waals surface area contributed by atoms with Gasteiger partial charge in [-0.1, -0.05) is 24.3 Å². The Morgan fingerprint density at radius 3 is 2.70 bits per heavy atom. The maximum absolute atomic E-state index is 13.6. The van der Waals surface area contributed by atoms with Crippen molar-refractivity contribution in [1.82, 2.24) is 0 Å². The van der Waals surface area contributed by atoms with E-state index in [0.29, 0.717) is 6.54 Å². The van der Waals surface area contributed by atoms with Crippen molar-refractivity contribution in [3.8, 4) is 0 Å². The van der Waals surface area contributed by atoms with Crippen LogP contribution in [0.25, 0.3) is 11.0 Å². The van der Waals surface area contributed by atoms with Crippen LogP contribution in [0.1, 0.15) is 11.3 Å². The molecule has 0 atom stereocenters. The van der Waals surface area contributed by atoms with E-state index >= 15 is 0 Å². The highest BCUT2D eigenvalue weighted by Gasteiger charge is 2.12. The lowest BCUT2D eigenvalue weighted by Gasteiger charge is -2.07. The lowest BCUT2D eigenvalue weighted by Crippen LogP contribution is -2.03. The van der Waals surface area contributed by atoms with Crippen LogP contribution in [0.2, 0.25) is 0 Å². The first-order valence-electron chi connectivity index (χ1n) is 6.31. The number of hydrogen-bond acceptors (Lipinski definition) is 2. The van der Waals surface area contributed by atoms with E-state index in [1.807, 2.05) is 31.2 Å². The van der Waals surface area contributed by atoms with Crippen molar-refractivity contribution in [1.29, 1.82) is 0 Å². The number of anilines is 1. The molecule has 0 fully saturated rings. The minimum atomic E-state index is -0.863. The van der Waals surface area contributed by atoms with Crippen molar-refractivity contribution >= 4 is 16.7 Å². The van der Waals surface area contributed by atoms with Gasteiger partial charge in [0, 0.05) is 17.5 Å². The molecule has 2 nitrogen and oxygen atoms in total. The van der Waals surface area contributed by atoms with Gasteiger partial charge in [-0.15, -0.1) is 0 Å². The summed E-state index contributed by atoms with van der Waals surface area (Å²) in [5.41, 5.74) is 1.89. The zero-order valence-corrected chi connectivity index (χ0v) is 10.9. The second-order valence-corrected chi connectivity index (χ2v) is 4.59. The molecule has 3 rings (SSSR count). The summed E-state index contributed by atoms with van der Waals surface area (Å²) in [4.78, 5) is 0. The minimum Gasteiger partial charge on any atom is -0.461 e. The summed E-state index contributed by atoms with van der Waals surface area (Å²) in [5.74, 6) is -0.947. The van der Waals surface area contributed by atoms with Crippen molar-refractivity contribution in [2.45, 2.75) is 13.5 Å². The van der Waals surface area contributed by atoms with Gasteiger partial charge in [-0.3, -0.25) is 0 Å². The van der Waals surface area contributed by atoms with E-state index in [1.165, 1.54) is 12.1 Å². The molecule has 0 amide bonds. The Morgan fingerprint density at radius 2 is 1.85 bits per heavy atom. The molecule has 0 aliphatic rings. The van der Waals surface area contributed by atoms with Crippen LogP contribution in [0.4, 0.5) is 14.5 Å². The first kappa shape index (κ1) is 12.7. The monoisotopic (exact) mass is 273 g/mol. The van der Waals surface area contributed by atoms with Crippen LogP contribution in [-0.2, 0) is 6.54 Å². The average molecular weight is 273 g/mol. The first-order chi connectivity index (χ1) is 9.66. The first-order valence-corrected chi connectivity index (χ1v) is 6.31. The van der Waals surface area contributed by atoms with E-state index in [1.54, 1.807) is 0 Å². The van der Waals surface area contributed by atoms with Gasteiger partial charge in [0.15, 0.2) is 11.6 Å². The van der Waals surface area contributed by atoms with Crippen molar-refractivity contribution in [3.63, 3.8) is 0 Å². The van der Waals surface area contributed by atoms with E-state index in [2.05, 4.69) is 5.32 Å². The third kappa shape index (κ3) is 2.13. The molecule has 4 heteroatoms. The molecular formula is C16H13F2NO. The largest absolute Gasteiger partial charge is 0.461 e. The Morgan fingerprint density at radius 1 is 1.05 bits per heavy atom. The summed E-state index contributed by atoms with van der Waals surface area (Å²) in [6, 6.07) is 11.7. The molecule has 0 radical (unpaired) electrons. The molecule has 20 heavy (non-hydrogen) atoms. The molecule has 0 saturated carbocycles. The summed E-state index contributed by atoms with van der Waals surface area (Å²) >= 11 is 0. The highest BCUT2D eigenvalue weighted by molar-refractivity contribution is 5.82. The molecule has 0 spiro atoms. The van der Waals surface area contributed by atoms with Gasteiger partial charge in [-0.2, -0.15) is 0 Å². The summed E-state index contributed by atoms with van der Waals surface area (Å²) in [6.45, 7) is 2.24. The lowest BCUT2D eigenvalue weighted by molar-refractivity contribution is 0.511. The summed E-state index contributed by atoms with van der Waals surface area (Å²) in [7, 11) is 0. The molecular weight excluding hydrogens is 260 g/mol. The topological polar surface area (TPSA) is 25.2 Å². The Bertz CT molecular complexity index is 764. The third-order valence-corrected chi connectivity index (χ3v) is 3.31.